The largest absolute Gasteiger partial charge is 0.493 e. The molecule has 1 aromatic heterocycles. The molecule has 44 heavy (non-hydrogen) atoms. The summed E-state index contributed by atoms with van der Waals surface area (Å²) in [6.07, 6.45) is 1.98. The summed E-state index contributed by atoms with van der Waals surface area (Å²) in [5, 5.41) is 7.12. The van der Waals surface area contributed by atoms with E-state index in [2.05, 4.69) is 28.6 Å². The van der Waals surface area contributed by atoms with E-state index < -0.39 is 0 Å². The first-order valence-corrected chi connectivity index (χ1v) is 15.7. The van der Waals surface area contributed by atoms with Gasteiger partial charge in [-0.05, 0) is 84.8 Å². The molecule has 1 unspecified atom stereocenters. The van der Waals surface area contributed by atoms with Crippen molar-refractivity contribution in [1.29, 1.82) is 0 Å². The van der Waals surface area contributed by atoms with Gasteiger partial charge in [-0.1, -0.05) is 49.4 Å². The number of nitrogens with one attached hydrogen (secondary N) is 3. The zero-order chi connectivity index (χ0) is 30.9. The minimum atomic E-state index is -0.275. The van der Waals surface area contributed by atoms with Crippen LogP contribution < -0.4 is 25.5 Å². The fraction of sp³-hybridized carbons (Fsp3) is 0.222. The summed E-state index contributed by atoms with van der Waals surface area (Å²) in [7, 11) is 3.30. The number of ether oxygens (including phenoxy) is 2. The average molecular weight is 608 g/mol. The van der Waals surface area contributed by atoms with Crippen LogP contribution in [0.25, 0.3) is 22.2 Å². The van der Waals surface area contributed by atoms with Gasteiger partial charge in [-0.2, -0.15) is 0 Å². The van der Waals surface area contributed by atoms with Crippen molar-refractivity contribution in [1.82, 2.24) is 10.3 Å². The third kappa shape index (κ3) is 7.33. The minimum Gasteiger partial charge on any atom is -0.493 e. The van der Waals surface area contributed by atoms with E-state index in [0.717, 1.165) is 47.1 Å². The van der Waals surface area contributed by atoms with Gasteiger partial charge in [0.15, 0.2) is 16.9 Å². The second kappa shape index (κ2) is 14.8. The summed E-state index contributed by atoms with van der Waals surface area (Å²) in [4.78, 5) is 30.6. The molecule has 0 aliphatic rings. The molecule has 0 saturated heterocycles. The van der Waals surface area contributed by atoms with Gasteiger partial charge in [0.2, 0.25) is 0 Å². The van der Waals surface area contributed by atoms with Gasteiger partial charge in [-0.25, -0.2) is 0 Å². The number of hydrogen-bond donors (Lipinski definition) is 3. The highest BCUT2D eigenvalue weighted by atomic mass is 32.2. The number of anilines is 1. The lowest BCUT2D eigenvalue weighted by Gasteiger charge is -2.19. The molecule has 5 rings (SSSR count). The van der Waals surface area contributed by atoms with Crippen molar-refractivity contribution in [3.05, 3.63) is 118 Å². The van der Waals surface area contributed by atoms with Gasteiger partial charge in [-0.15, -0.1) is 11.8 Å². The maximum absolute atomic E-state index is 13.3. The number of H-pyrrole nitrogens is 1. The van der Waals surface area contributed by atoms with Crippen LogP contribution in [0.5, 0.6) is 11.5 Å². The molecule has 0 aliphatic carbocycles. The number of hydrogen-bond acceptors (Lipinski definition) is 6. The number of benzene rings is 4. The number of carbonyl (C=O) groups excluding carboxylic acids is 1. The monoisotopic (exact) mass is 607 g/mol. The summed E-state index contributed by atoms with van der Waals surface area (Å²) < 4.78 is 10.8. The van der Waals surface area contributed by atoms with E-state index in [1.165, 1.54) is 5.56 Å². The molecule has 3 N–H and O–H groups in total. The first-order chi connectivity index (χ1) is 21.5. The highest BCUT2D eigenvalue weighted by molar-refractivity contribution is 7.99. The molecule has 0 fully saturated rings. The average Bonchev–Trinajstić information content (AvgIpc) is 3.07. The van der Waals surface area contributed by atoms with E-state index >= 15 is 0 Å². The molecule has 226 valence electrons. The molecule has 4 aromatic carbocycles. The number of methoxy groups -OCH3 is 2. The van der Waals surface area contributed by atoms with Crippen LogP contribution in [-0.2, 0) is 0 Å². The predicted molar refractivity (Wildman–Crippen MR) is 180 cm³/mol. The van der Waals surface area contributed by atoms with Crippen LogP contribution in [0.2, 0.25) is 0 Å². The number of thioether (sulfide) groups is 1. The van der Waals surface area contributed by atoms with Crippen molar-refractivity contribution in [2.75, 3.05) is 31.8 Å². The Kier molecular flexibility index (Phi) is 10.4. The third-order valence-corrected chi connectivity index (χ3v) is 8.60. The number of rotatable bonds is 13. The third-order valence-electron chi connectivity index (χ3n) is 7.51. The van der Waals surface area contributed by atoms with Crippen molar-refractivity contribution in [2.24, 2.45) is 0 Å². The molecule has 7 nitrogen and oxygen atoms in total. The summed E-state index contributed by atoms with van der Waals surface area (Å²) in [5.41, 5.74) is 4.24. The number of aromatic nitrogens is 1. The predicted octanol–water partition coefficient (Wildman–Crippen LogP) is 7.69. The molecular formula is C36H37N3O4S. The zero-order valence-corrected chi connectivity index (χ0v) is 26.0. The molecule has 1 atom stereocenters. The Morgan fingerprint density at radius 3 is 2.39 bits per heavy atom. The van der Waals surface area contributed by atoms with E-state index in [1.54, 1.807) is 50.2 Å². The van der Waals surface area contributed by atoms with Crippen molar-refractivity contribution < 1.29 is 14.3 Å². The first kappa shape index (κ1) is 30.9. The maximum atomic E-state index is 13.3. The molecule has 0 saturated carbocycles. The Morgan fingerprint density at radius 2 is 1.66 bits per heavy atom. The number of fused-ring (bicyclic) bond motifs is 1. The Labute approximate surface area is 262 Å². The number of carbonyl (C=O) groups is 1. The van der Waals surface area contributed by atoms with Crippen LogP contribution in [0.1, 0.15) is 41.7 Å². The van der Waals surface area contributed by atoms with Crippen molar-refractivity contribution in [3.63, 3.8) is 0 Å². The van der Waals surface area contributed by atoms with Gasteiger partial charge >= 0.3 is 0 Å². The van der Waals surface area contributed by atoms with E-state index in [4.69, 9.17) is 9.47 Å². The molecule has 0 spiro atoms. The summed E-state index contributed by atoms with van der Waals surface area (Å²) >= 11 is 1.78. The SMILES string of the molecule is CCC(NCCCSc1ccc(NC(=O)c2cccc3c(=O)cc(-c4ccccc4)[nH]c23)cc1)c1ccc(OC)c(OC)c1. The smallest absolute Gasteiger partial charge is 0.257 e. The minimum absolute atomic E-state index is 0.130. The molecule has 1 heterocycles. The van der Waals surface area contributed by atoms with Gasteiger partial charge in [0.25, 0.3) is 5.91 Å². The Balaban J connectivity index is 1.16. The van der Waals surface area contributed by atoms with Crippen LogP contribution in [-0.4, -0.2) is 37.4 Å². The van der Waals surface area contributed by atoms with Crippen LogP contribution >= 0.6 is 11.8 Å². The van der Waals surface area contributed by atoms with Gasteiger partial charge in [0.1, 0.15) is 0 Å². The Hall–Kier alpha value is -4.53. The van der Waals surface area contributed by atoms with E-state index in [1.807, 2.05) is 66.7 Å². The lowest BCUT2D eigenvalue weighted by atomic mass is 10.0. The topological polar surface area (TPSA) is 92.5 Å². The summed E-state index contributed by atoms with van der Waals surface area (Å²) in [5.74, 6) is 2.16. The fourth-order valence-electron chi connectivity index (χ4n) is 5.17. The molecule has 5 aromatic rings. The normalized spacial score (nSPS) is 11.7. The van der Waals surface area contributed by atoms with E-state index in [-0.39, 0.29) is 17.4 Å². The Morgan fingerprint density at radius 1 is 0.886 bits per heavy atom. The van der Waals surface area contributed by atoms with Gasteiger partial charge < -0.3 is 25.1 Å². The first-order valence-electron chi connectivity index (χ1n) is 14.7. The van der Waals surface area contributed by atoms with Crippen LogP contribution in [0.3, 0.4) is 0 Å². The zero-order valence-electron chi connectivity index (χ0n) is 25.2. The number of para-hydroxylation sites is 1. The number of amides is 1. The summed E-state index contributed by atoms with van der Waals surface area (Å²) in [6.45, 7) is 3.07. The molecule has 0 bridgehead atoms. The number of pyridine rings is 1. The van der Waals surface area contributed by atoms with Gasteiger partial charge in [-0.3, -0.25) is 9.59 Å². The number of aromatic amines is 1. The Bertz CT molecular complexity index is 1770. The standard InChI is InChI=1S/C36H37N3O4S/c1-4-30(25-14-19-33(42-2)34(22-25)43-3)37-20-9-21-44-27-17-15-26(16-18-27)38-36(41)29-13-8-12-28-32(40)23-31(39-35(28)29)24-10-6-5-7-11-24/h5-8,10-19,22-23,30,37H,4,9,20-21H2,1-3H3,(H,38,41)(H,39,40). The van der Waals surface area contributed by atoms with E-state index in [9.17, 15) is 9.59 Å². The molecule has 1 amide bonds. The van der Waals surface area contributed by atoms with Crippen LogP contribution in [0, 0.1) is 0 Å². The van der Waals surface area contributed by atoms with Crippen molar-refractivity contribution >= 4 is 34.3 Å². The lowest BCUT2D eigenvalue weighted by Crippen LogP contribution is -2.22. The van der Waals surface area contributed by atoms with Crippen molar-refractivity contribution in [3.8, 4) is 22.8 Å². The fourth-order valence-corrected chi connectivity index (χ4v) is 6.03. The van der Waals surface area contributed by atoms with Gasteiger partial charge in [0, 0.05) is 33.8 Å². The van der Waals surface area contributed by atoms with Crippen LogP contribution in [0.4, 0.5) is 5.69 Å². The molecule has 0 aliphatic heterocycles. The maximum Gasteiger partial charge on any atom is 0.257 e. The van der Waals surface area contributed by atoms with E-state index in [0.29, 0.717) is 27.8 Å². The lowest BCUT2D eigenvalue weighted by molar-refractivity contribution is 0.102. The molecular weight excluding hydrogens is 570 g/mol. The second-order valence-corrected chi connectivity index (χ2v) is 11.5. The van der Waals surface area contributed by atoms with Gasteiger partial charge in [0.05, 0.1) is 25.3 Å². The second-order valence-electron chi connectivity index (χ2n) is 10.4. The highest BCUT2D eigenvalue weighted by Crippen LogP contribution is 2.31. The highest BCUT2D eigenvalue weighted by Gasteiger charge is 2.15. The molecule has 0 radical (unpaired) electrons. The quantitative estimate of drug-likeness (QED) is 0.0939. The van der Waals surface area contributed by atoms with Crippen molar-refractivity contribution in [2.45, 2.75) is 30.7 Å². The van der Waals surface area contributed by atoms with Crippen LogP contribution in [0.15, 0.2) is 107 Å². The molecule has 8 heteroatoms. The summed E-state index contributed by atoms with van der Waals surface area (Å²) in [6, 6.07) is 30.6.